The number of sulfonamides is 1. The second-order valence-corrected chi connectivity index (χ2v) is 8.36. The predicted molar refractivity (Wildman–Crippen MR) is 94.4 cm³/mol. The molecule has 1 N–H and O–H groups in total. The summed E-state index contributed by atoms with van der Waals surface area (Å²) in [6, 6.07) is 4.99. The fraction of sp³-hybridized carbons (Fsp3) is 0.471. The molecule has 8 heteroatoms. The van der Waals surface area contributed by atoms with E-state index in [1.54, 1.807) is 22.9 Å². The summed E-state index contributed by atoms with van der Waals surface area (Å²) in [4.78, 5) is 2.50. The minimum atomic E-state index is -3.53. The number of anilines is 1. The molecule has 1 aromatic heterocycles. The van der Waals surface area contributed by atoms with Gasteiger partial charge in [-0.1, -0.05) is 0 Å². The molecule has 1 saturated heterocycles. The number of ether oxygens (including phenoxy) is 1. The Morgan fingerprint density at radius 3 is 3.04 bits per heavy atom. The van der Waals surface area contributed by atoms with E-state index >= 15 is 0 Å². The zero-order chi connectivity index (χ0) is 17.4. The van der Waals surface area contributed by atoms with Crippen LogP contribution in [0, 0.1) is 0 Å². The van der Waals surface area contributed by atoms with E-state index in [-0.39, 0.29) is 6.04 Å². The molecule has 4 rings (SSSR count). The molecule has 0 amide bonds. The maximum atomic E-state index is 12.8. The number of rotatable bonds is 4. The van der Waals surface area contributed by atoms with Crippen molar-refractivity contribution in [2.24, 2.45) is 7.05 Å². The van der Waals surface area contributed by atoms with E-state index in [9.17, 15) is 8.42 Å². The number of hydrogen-bond donors (Lipinski definition) is 1. The van der Waals surface area contributed by atoms with Crippen LogP contribution in [0.3, 0.4) is 0 Å². The average molecular weight is 362 g/mol. The molecule has 2 aliphatic rings. The second-order valence-electron chi connectivity index (χ2n) is 6.65. The van der Waals surface area contributed by atoms with Crippen LogP contribution in [0.1, 0.15) is 18.4 Å². The van der Waals surface area contributed by atoms with Gasteiger partial charge in [-0.15, -0.1) is 0 Å². The van der Waals surface area contributed by atoms with E-state index in [0.717, 1.165) is 42.8 Å². The lowest BCUT2D eigenvalue weighted by Gasteiger charge is -2.33. The van der Waals surface area contributed by atoms with Crippen LogP contribution in [0.5, 0.6) is 5.75 Å². The molecule has 2 aliphatic heterocycles. The third-order valence-electron chi connectivity index (χ3n) is 4.77. The van der Waals surface area contributed by atoms with E-state index in [4.69, 9.17) is 4.74 Å². The van der Waals surface area contributed by atoms with Crippen LogP contribution in [0.25, 0.3) is 0 Å². The van der Waals surface area contributed by atoms with Crippen LogP contribution in [-0.4, -0.2) is 43.9 Å². The Morgan fingerprint density at radius 2 is 2.24 bits per heavy atom. The molecule has 0 bridgehead atoms. The van der Waals surface area contributed by atoms with Gasteiger partial charge in [0.1, 0.15) is 5.75 Å². The zero-order valence-electron chi connectivity index (χ0n) is 14.2. The minimum Gasteiger partial charge on any atom is -0.493 e. The lowest BCUT2D eigenvalue weighted by atomic mass is 10.1. The summed E-state index contributed by atoms with van der Waals surface area (Å²) in [7, 11) is -1.65. The van der Waals surface area contributed by atoms with Crippen molar-refractivity contribution >= 4 is 15.7 Å². The fourth-order valence-corrected chi connectivity index (χ4v) is 4.81. The van der Waals surface area contributed by atoms with Gasteiger partial charge < -0.3 is 9.64 Å². The van der Waals surface area contributed by atoms with E-state index in [1.807, 2.05) is 19.4 Å². The lowest BCUT2D eigenvalue weighted by molar-refractivity contribution is 0.356. The summed E-state index contributed by atoms with van der Waals surface area (Å²) in [5.41, 5.74) is 1.99. The highest BCUT2D eigenvalue weighted by Crippen LogP contribution is 2.28. The van der Waals surface area contributed by atoms with Gasteiger partial charge in [0.25, 0.3) is 0 Å². The number of piperidine rings is 1. The minimum absolute atomic E-state index is 0.108. The van der Waals surface area contributed by atoms with Crippen LogP contribution < -0.4 is 14.4 Å². The standard InChI is InChI=1S/C17H22N4O3S/c1-20-12-15(10-18-20)21-7-2-3-14(11-21)19-25(22,23)16-4-5-17-13(9-16)6-8-24-17/h4-5,9-10,12,14,19H,2-3,6-8,11H2,1H3/t14-/m0/s1. The van der Waals surface area contributed by atoms with Crippen molar-refractivity contribution in [3.8, 4) is 5.75 Å². The average Bonchev–Trinajstić information content (AvgIpc) is 3.22. The first-order chi connectivity index (χ1) is 12.0. The Kier molecular flexibility index (Phi) is 4.16. The Balaban J connectivity index is 1.48. The SMILES string of the molecule is Cn1cc(N2CCC[C@H](NS(=O)(=O)c3ccc4c(c3)CCO4)C2)cn1. The van der Waals surface area contributed by atoms with E-state index in [2.05, 4.69) is 14.7 Å². The van der Waals surface area contributed by atoms with Gasteiger partial charge in [-0.05, 0) is 36.6 Å². The molecular weight excluding hydrogens is 340 g/mol. The summed E-state index contributed by atoms with van der Waals surface area (Å²) < 4.78 is 35.6. The van der Waals surface area contributed by atoms with Crippen molar-refractivity contribution in [1.82, 2.24) is 14.5 Å². The summed E-state index contributed by atoms with van der Waals surface area (Å²) in [5, 5.41) is 4.20. The number of fused-ring (bicyclic) bond motifs is 1. The molecule has 7 nitrogen and oxygen atoms in total. The molecule has 3 heterocycles. The van der Waals surface area contributed by atoms with Gasteiger partial charge in [0.15, 0.2) is 0 Å². The van der Waals surface area contributed by atoms with Crippen molar-refractivity contribution in [3.63, 3.8) is 0 Å². The highest BCUT2D eigenvalue weighted by molar-refractivity contribution is 7.89. The number of nitrogens with zero attached hydrogens (tertiary/aromatic N) is 3. The van der Waals surface area contributed by atoms with Crippen molar-refractivity contribution in [1.29, 1.82) is 0 Å². The Hall–Kier alpha value is -2.06. The molecule has 2 aromatic rings. The van der Waals surface area contributed by atoms with Crippen LogP contribution in [0.4, 0.5) is 5.69 Å². The van der Waals surface area contributed by atoms with Gasteiger partial charge in [-0.2, -0.15) is 5.10 Å². The van der Waals surface area contributed by atoms with E-state index < -0.39 is 10.0 Å². The highest BCUT2D eigenvalue weighted by atomic mass is 32.2. The normalized spacial score (nSPS) is 20.4. The molecular formula is C17H22N4O3S. The maximum absolute atomic E-state index is 12.8. The quantitative estimate of drug-likeness (QED) is 0.887. The summed E-state index contributed by atoms with van der Waals surface area (Å²) in [5.74, 6) is 0.791. The Morgan fingerprint density at radius 1 is 1.36 bits per heavy atom. The topological polar surface area (TPSA) is 76.5 Å². The molecule has 1 fully saturated rings. The van der Waals surface area contributed by atoms with Crippen molar-refractivity contribution < 1.29 is 13.2 Å². The number of hydrogen-bond acceptors (Lipinski definition) is 5. The van der Waals surface area contributed by atoms with Gasteiger partial charge in [0.05, 0.1) is 23.4 Å². The van der Waals surface area contributed by atoms with Crippen molar-refractivity contribution in [2.75, 3.05) is 24.6 Å². The van der Waals surface area contributed by atoms with Crippen LogP contribution >= 0.6 is 0 Å². The highest BCUT2D eigenvalue weighted by Gasteiger charge is 2.27. The number of nitrogens with one attached hydrogen (secondary N) is 1. The van der Waals surface area contributed by atoms with E-state index in [1.165, 1.54) is 0 Å². The first kappa shape index (κ1) is 16.4. The molecule has 0 saturated carbocycles. The first-order valence-corrected chi connectivity index (χ1v) is 10.0. The van der Waals surface area contributed by atoms with Gasteiger partial charge in [0.2, 0.25) is 10.0 Å². The smallest absolute Gasteiger partial charge is 0.240 e. The Labute approximate surface area is 147 Å². The largest absolute Gasteiger partial charge is 0.493 e. The number of aromatic nitrogens is 2. The summed E-state index contributed by atoms with van der Waals surface area (Å²) in [6.45, 7) is 2.19. The van der Waals surface area contributed by atoms with Gasteiger partial charge in [-0.25, -0.2) is 13.1 Å². The second kappa shape index (κ2) is 6.34. The first-order valence-electron chi connectivity index (χ1n) is 8.53. The Bertz CT molecular complexity index is 878. The third kappa shape index (κ3) is 3.36. The van der Waals surface area contributed by atoms with Gasteiger partial charge >= 0.3 is 0 Å². The fourth-order valence-electron chi connectivity index (χ4n) is 3.50. The van der Waals surface area contributed by atoms with Crippen molar-refractivity contribution in [2.45, 2.75) is 30.2 Å². The van der Waals surface area contributed by atoms with Gasteiger partial charge in [0, 0.05) is 38.8 Å². The van der Waals surface area contributed by atoms with Crippen LogP contribution in [0.2, 0.25) is 0 Å². The number of benzene rings is 1. The van der Waals surface area contributed by atoms with E-state index in [0.29, 0.717) is 18.0 Å². The zero-order valence-corrected chi connectivity index (χ0v) is 15.0. The van der Waals surface area contributed by atoms with Crippen LogP contribution in [-0.2, 0) is 23.5 Å². The molecule has 1 aromatic carbocycles. The maximum Gasteiger partial charge on any atom is 0.240 e. The molecule has 134 valence electrons. The van der Waals surface area contributed by atoms with Crippen molar-refractivity contribution in [3.05, 3.63) is 36.2 Å². The molecule has 0 spiro atoms. The molecule has 1 atom stereocenters. The predicted octanol–water partition coefficient (Wildman–Crippen LogP) is 1.30. The lowest BCUT2D eigenvalue weighted by Crippen LogP contribution is -2.47. The van der Waals surface area contributed by atoms with Crippen LogP contribution in [0.15, 0.2) is 35.5 Å². The summed E-state index contributed by atoms with van der Waals surface area (Å²) in [6.07, 6.45) is 6.32. The number of aryl methyl sites for hydroxylation is 1. The third-order valence-corrected chi connectivity index (χ3v) is 6.29. The molecule has 0 unspecified atom stereocenters. The van der Waals surface area contributed by atoms with Gasteiger partial charge in [-0.3, -0.25) is 4.68 Å². The monoisotopic (exact) mass is 362 g/mol. The molecule has 0 aliphatic carbocycles. The molecule has 25 heavy (non-hydrogen) atoms. The summed E-state index contributed by atoms with van der Waals surface area (Å²) >= 11 is 0. The molecule has 0 radical (unpaired) electrons.